The van der Waals surface area contributed by atoms with Gasteiger partial charge in [0.15, 0.2) is 5.69 Å². The van der Waals surface area contributed by atoms with Gasteiger partial charge in [-0.15, -0.1) is 5.10 Å². The van der Waals surface area contributed by atoms with E-state index in [1.54, 1.807) is 25.3 Å². The van der Waals surface area contributed by atoms with E-state index in [1.165, 1.54) is 5.56 Å². The van der Waals surface area contributed by atoms with E-state index in [4.69, 9.17) is 0 Å². The molecule has 134 valence electrons. The number of hydrogen-bond donors (Lipinski definition) is 0. The average molecular weight is 350 g/mol. The maximum absolute atomic E-state index is 12.8. The Morgan fingerprint density at radius 2 is 1.88 bits per heavy atom. The van der Waals surface area contributed by atoms with Crippen molar-refractivity contribution in [3.8, 4) is 0 Å². The lowest BCUT2D eigenvalue weighted by atomic mass is 9.81. The van der Waals surface area contributed by atoms with Crippen LogP contribution in [-0.4, -0.2) is 57.5 Å². The average Bonchev–Trinajstić information content (AvgIpc) is 3.08. The van der Waals surface area contributed by atoms with Gasteiger partial charge in [-0.1, -0.05) is 30.3 Å². The van der Waals surface area contributed by atoms with Gasteiger partial charge in [-0.2, -0.15) is 5.10 Å². The highest BCUT2D eigenvalue weighted by Gasteiger charge is 2.47. The maximum atomic E-state index is 12.8. The predicted octanol–water partition coefficient (Wildman–Crippen LogP) is 1.95. The number of piperidine rings is 1. The number of fused-ring (bicyclic) bond motifs is 1. The zero-order valence-corrected chi connectivity index (χ0v) is 14.8. The molecule has 2 aliphatic heterocycles. The minimum atomic E-state index is -0.0790. The number of aromatic nitrogens is 2. The molecule has 2 aromatic rings. The first-order valence-electron chi connectivity index (χ1n) is 9.04. The van der Waals surface area contributed by atoms with Crippen molar-refractivity contribution in [1.82, 2.24) is 20.0 Å². The largest absolute Gasteiger partial charge is 0.339 e. The number of likely N-dealkylation sites (tertiary alicyclic amines) is 2. The second-order valence-corrected chi connectivity index (χ2v) is 7.07. The van der Waals surface area contributed by atoms with Crippen LogP contribution in [0.3, 0.4) is 0 Å². The van der Waals surface area contributed by atoms with E-state index in [-0.39, 0.29) is 29.7 Å². The quantitative estimate of drug-likeness (QED) is 0.830. The van der Waals surface area contributed by atoms with Crippen LogP contribution < -0.4 is 0 Å². The Morgan fingerprint density at radius 1 is 1.08 bits per heavy atom. The molecule has 1 aromatic heterocycles. The van der Waals surface area contributed by atoms with E-state index in [0.29, 0.717) is 18.8 Å². The van der Waals surface area contributed by atoms with Crippen LogP contribution in [-0.2, 0) is 4.79 Å². The minimum absolute atomic E-state index is 0.0790. The smallest absolute Gasteiger partial charge is 0.274 e. The molecule has 3 heterocycles. The van der Waals surface area contributed by atoms with Gasteiger partial charge in [0.05, 0.1) is 0 Å². The topological polar surface area (TPSA) is 66.4 Å². The third-order valence-corrected chi connectivity index (χ3v) is 5.64. The number of carbonyl (C=O) groups excluding carboxylic acids is 2. The van der Waals surface area contributed by atoms with Gasteiger partial charge < -0.3 is 9.80 Å². The summed E-state index contributed by atoms with van der Waals surface area (Å²) in [6.07, 6.45) is 2.37. The second-order valence-electron chi connectivity index (χ2n) is 7.07. The van der Waals surface area contributed by atoms with Crippen LogP contribution in [0.2, 0.25) is 0 Å². The minimum Gasteiger partial charge on any atom is -0.339 e. The fourth-order valence-corrected chi connectivity index (χ4v) is 4.41. The third-order valence-electron chi connectivity index (χ3n) is 5.64. The standard InChI is InChI=1S/C20H22N4O2/c1-14(25)24-13-16(15-6-3-2-4-7-15)17-12-23(11-9-19(17)24)20(26)18-8-5-10-21-22-18/h2-8,10,16-17,19H,9,11-13H2,1H3/t16-,17-,19-/m1/s1. The summed E-state index contributed by atoms with van der Waals surface area (Å²) < 4.78 is 0. The summed E-state index contributed by atoms with van der Waals surface area (Å²) >= 11 is 0. The zero-order chi connectivity index (χ0) is 18.1. The van der Waals surface area contributed by atoms with Crippen LogP contribution in [0.15, 0.2) is 48.7 Å². The van der Waals surface area contributed by atoms with Crippen LogP contribution >= 0.6 is 0 Å². The highest BCUT2D eigenvalue weighted by atomic mass is 16.2. The number of amides is 2. The fraction of sp³-hybridized carbons (Fsp3) is 0.400. The molecule has 6 heteroatoms. The van der Waals surface area contributed by atoms with Gasteiger partial charge in [0, 0.05) is 50.6 Å². The molecule has 26 heavy (non-hydrogen) atoms. The van der Waals surface area contributed by atoms with Crippen LogP contribution in [0.4, 0.5) is 0 Å². The number of benzene rings is 1. The first-order valence-corrected chi connectivity index (χ1v) is 9.04. The Balaban J connectivity index is 1.60. The van der Waals surface area contributed by atoms with Crippen molar-refractivity contribution in [3.63, 3.8) is 0 Å². The molecule has 0 saturated carbocycles. The van der Waals surface area contributed by atoms with Crippen LogP contribution in [0.5, 0.6) is 0 Å². The Kier molecular flexibility index (Phi) is 4.41. The van der Waals surface area contributed by atoms with Crippen molar-refractivity contribution in [1.29, 1.82) is 0 Å². The monoisotopic (exact) mass is 350 g/mol. The Hall–Kier alpha value is -2.76. The number of hydrogen-bond acceptors (Lipinski definition) is 4. The molecule has 2 aliphatic rings. The number of rotatable bonds is 2. The Morgan fingerprint density at radius 3 is 2.58 bits per heavy atom. The van der Waals surface area contributed by atoms with Crippen molar-refractivity contribution in [3.05, 3.63) is 59.9 Å². The highest BCUT2D eigenvalue weighted by molar-refractivity contribution is 5.92. The first kappa shape index (κ1) is 16.7. The third kappa shape index (κ3) is 2.96. The van der Waals surface area contributed by atoms with Crippen molar-refractivity contribution in [2.75, 3.05) is 19.6 Å². The highest BCUT2D eigenvalue weighted by Crippen LogP contribution is 2.41. The summed E-state index contributed by atoms with van der Waals surface area (Å²) in [7, 11) is 0. The lowest BCUT2D eigenvalue weighted by molar-refractivity contribution is -0.130. The second kappa shape index (κ2) is 6.86. The van der Waals surface area contributed by atoms with Gasteiger partial charge in [0.25, 0.3) is 5.91 Å². The van der Waals surface area contributed by atoms with Gasteiger partial charge in [0.1, 0.15) is 0 Å². The molecule has 4 rings (SSSR count). The summed E-state index contributed by atoms with van der Waals surface area (Å²) in [6, 6.07) is 13.9. The van der Waals surface area contributed by atoms with Crippen molar-refractivity contribution < 1.29 is 9.59 Å². The number of carbonyl (C=O) groups is 2. The lowest BCUT2D eigenvalue weighted by Gasteiger charge is -2.38. The van der Waals surface area contributed by atoms with Gasteiger partial charge in [-0.05, 0) is 24.1 Å². The molecule has 6 nitrogen and oxygen atoms in total. The molecular formula is C20H22N4O2. The first-order chi connectivity index (χ1) is 12.6. The van der Waals surface area contributed by atoms with Crippen molar-refractivity contribution in [2.24, 2.45) is 5.92 Å². The van der Waals surface area contributed by atoms with Gasteiger partial charge in [-0.25, -0.2) is 0 Å². The summed E-state index contributed by atoms with van der Waals surface area (Å²) in [5.74, 6) is 0.537. The fourth-order valence-electron chi connectivity index (χ4n) is 4.41. The van der Waals surface area contributed by atoms with Crippen LogP contribution in [0.25, 0.3) is 0 Å². The van der Waals surface area contributed by atoms with Crippen molar-refractivity contribution >= 4 is 11.8 Å². The summed E-state index contributed by atoms with van der Waals surface area (Å²) in [6.45, 7) is 3.65. The SMILES string of the molecule is CC(=O)N1C[C@H](c2ccccc2)[C@H]2CN(C(=O)c3cccnn3)CC[C@H]21. The Bertz CT molecular complexity index is 796. The van der Waals surface area contributed by atoms with Crippen molar-refractivity contribution in [2.45, 2.75) is 25.3 Å². The van der Waals surface area contributed by atoms with E-state index in [2.05, 4.69) is 22.3 Å². The molecule has 2 amide bonds. The maximum Gasteiger partial charge on any atom is 0.274 e. The normalized spacial score (nSPS) is 25.0. The summed E-state index contributed by atoms with van der Waals surface area (Å²) in [5.41, 5.74) is 1.61. The zero-order valence-electron chi connectivity index (χ0n) is 14.8. The number of nitrogens with zero attached hydrogens (tertiary/aromatic N) is 4. The molecule has 0 N–H and O–H groups in total. The van der Waals surface area contributed by atoms with Gasteiger partial charge in [0.2, 0.25) is 5.91 Å². The van der Waals surface area contributed by atoms with E-state index >= 15 is 0 Å². The molecule has 2 fully saturated rings. The summed E-state index contributed by atoms with van der Waals surface area (Å²) in [4.78, 5) is 28.8. The molecule has 0 radical (unpaired) electrons. The van der Waals surface area contributed by atoms with Gasteiger partial charge >= 0.3 is 0 Å². The molecule has 1 aromatic carbocycles. The van der Waals surface area contributed by atoms with E-state index in [1.807, 2.05) is 28.0 Å². The molecule has 0 aliphatic carbocycles. The van der Waals surface area contributed by atoms with E-state index in [9.17, 15) is 9.59 Å². The molecule has 3 atom stereocenters. The molecule has 0 spiro atoms. The van der Waals surface area contributed by atoms with Gasteiger partial charge in [-0.3, -0.25) is 9.59 Å². The summed E-state index contributed by atoms with van der Waals surface area (Å²) in [5, 5.41) is 7.77. The van der Waals surface area contributed by atoms with Crippen LogP contribution in [0.1, 0.15) is 35.3 Å². The molecule has 0 bridgehead atoms. The lowest BCUT2D eigenvalue weighted by Crippen LogP contribution is -2.49. The molecule has 0 unspecified atom stereocenters. The Labute approximate surface area is 152 Å². The van der Waals surface area contributed by atoms with Crippen LogP contribution in [0, 0.1) is 5.92 Å². The molecular weight excluding hydrogens is 328 g/mol. The van der Waals surface area contributed by atoms with E-state index in [0.717, 1.165) is 13.0 Å². The molecule has 2 saturated heterocycles. The van der Waals surface area contributed by atoms with E-state index < -0.39 is 0 Å². The predicted molar refractivity (Wildman–Crippen MR) is 96.4 cm³/mol.